The molecule has 1 aliphatic rings. The summed E-state index contributed by atoms with van der Waals surface area (Å²) in [5.41, 5.74) is 5.80. The predicted octanol–water partition coefficient (Wildman–Crippen LogP) is 0.986. The Morgan fingerprint density at radius 1 is 1.48 bits per heavy atom. The lowest BCUT2D eigenvalue weighted by Crippen LogP contribution is -2.49. The first kappa shape index (κ1) is 15.3. The number of piperidine rings is 1. The van der Waals surface area contributed by atoms with E-state index in [0.29, 0.717) is 5.82 Å². The molecular formula is C14H24N6O. The van der Waals surface area contributed by atoms with Crippen LogP contribution >= 0.6 is 0 Å². The fourth-order valence-corrected chi connectivity index (χ4v) is 2.59. The minimum atomic E-state index is -0.183. The van der Waals surface area contributed by atoms with E-state index in [1.807, 2.05) is 11.0 Å². The smallest absolute Gasteiger partial charge is 0.242 e. The van der Waals surface area contributed by atoms with Gasteiger partial charge in [-0.05, 0) is 25.7 Å². The van der Waals surface area contributed by atoms with Crippen molar-refractivity contribution in [3.8, 4) is 0 Å². The Balaban J connectivity index is 2.25. The standard InChI is InChI=1S/C14H24N6O/c1-3-7-17-11-9-12(19-14(15)18-11)20-8-5-4-6-10(20)13(21)16-2/h9-10H,3-8H2,1-2H3,(H,16,21)(H3,15,17,18,19). The van der Waals surface area contributed by atoms with Crippen LogP contribution in [-0.4, -0.2) is 42.1 Å². The van der Waals surface area contributed by atoms with Crippen LogP contribution in [0, 0.1) is 0 Å². The number of nitrogens with zero attached hydrogens (tertiary/aromatic N) is 3. The molecule has 0 saturated carbocycles. The second kappa shape index (κ2) is 7.10. The van der Waals surface area contributed by atoms with Crippen molar-refractivity contribution >= 4 is 23.5 Å². The highest BCUT2D eigenvalue weighted by molar-refractivity contribution is 5.85. The number of nitrogens with two attached hydrogens (primary N) is 1. The highest BCUT2D eigenvalue weighted by atomic mass is 16.2. The summed E-state index contributed by atoms with van der Waals surface area (Å²) in [6.45, 7) is 3.72. The molecule has 116 valence electrons. The monoisotopic (exact) mass is 292 g/mol. The lowest BCUT2D eigenvalue weighted by Gasteiger charge is -2.35. The molecule has 1 saturated heterocycles. The molecule has 7 heteroatoms. The molecule has 2 heterocycles. The normalized spacial score (nSPS) is 18.4. The number of hydrogen-bond donors (Lipinski definition) is 3. The van der Waals surface area contributed by atoms with Crippen LogP contribution in [0.25, 0.3) is 0 Å². The van der Waals surface area contributed by atoms with E-state index in [0.717, 1.165) is 44.6 Å². The Labute approximate surface area is 125 Å². The van der Waals surface area contributed by atoms with Gasteiger partial charge in [0.2, 0.25) is 11.9 Å². The number of carbonyl (C=O) groups excluding carboxylic acids is 1. The zero-order valence-corrected chi connectivity index (χ0v) is 12.7. The fourth-order valence-electron chi connectivity index (χ4n) is 2.59. The molecule has 0 radical (unpaired) electrons. The largest absolute Gasteiger partial charge is 0.370 e. The Kier molecular flexibility index (Phi) is 5.19. The van der Waals surface area contributed by atoms with Crippen LogP contribution in [0.3, 0.4) is 0 Å². The highest BCUT2D eigenvalue weighted by Gasteiger charge is 2.29. The molecule has 1 atom stereocenters. The lowest BCUT2D eigenvalue weighted by atomic mass is 10.0. The summed E-state index contributed by atoms with van der Waals surface area (Å²) in [7, 11) is 1.66. The van der Waals surface area contributed by atoms with Gasteiger partial charge in [0.15, 0.2) is 0 Å². The van der Waals surface area contributed by atoms with Crippen LogP contribution in [0.5, 0.6) is 0 Å². The van der Waals surface area contributed by atoms with Gasteiger partial charge in [0.25, 0.3) is 0 Å². The number of hydrogen-bond acceptors (Lipinski definition) is 6. The zero-order chi connectivity index (χ0) is 15.2. The minimum absolute atomic E-state index is 0.0231. The van der Waals surface area contributed by atoms with E-state index in [-0.39, 0.29) is 17.9 Å². The Morgan fingerprint density at radius 2 is 2.29 bits per heavy atom. The van der Waals surface area contributed by atoms with Crippen molar-refractivity contribution in [2.75, 3.05) is 36.1 Å². The van der Waals surface area contributed by atoms with Crippen LogP contribution in [-0.2, 0) is 4.79 Å². The van der Waals surface area contributed by atoms with Gasteiger partial charge < -0.3 is 21.3 Å². The number of aromatic nitrogens is 2. The number of amides is 1. The molecule has 0 aliphatic carbocycles. The molecule has 1 fully saturated rings. The van der Waals surface area contributed by atoms with E-state index >= 15 is 0 Å². The average molecular weight is 292 g/mol. The number of likely N-dealkylation sites (N-methyl/N-ethyl adjacent to an activating group) is 1. The van der Waals surface area contributed by atoms with Crippen molar-refractivity contribution in [2.45, 2.75) is 38.6 Å². The third-order valence-electron chi connectivity index (χ3n) is 3.63. The first-order chi connectivity index (χ1) is 10.2. The first-order valence-corrected chi connectivity index (χ1v) is 7.52. The van der Waals surface area contributed by atoms with Crippen LogP contribution in [0.1, 0.15) is 32.6 Å². The van der Waals surface area contributed by atoms with Crippen LogP contribution < -0.4 is 21.3 Å². The van der Waals surface area contributed by atoms with Gasteiger partial charge in [0, 0.05) is 26.2 Å². The van der Waals surface area contributed by atoms with Crippen LogP contribution in [0.2, 0.25) is 0 Å². The average Bonchev–Trinajstić information content (AvgIpc) is 2.51. The fraction of sp³-hybridized carbons (Fsp3) is 0.643. The van der Waals surface area contributed by atoms with Crippen molar-refractivity contribution in [1.82, 2.24) is 15.3 Å². The summed E-state index contributed by atoms with van der Waals surface area (Å²) >= 11 is 0. The number of anilines is 3. The Morgan fingerprint density at radius 3 is 3.00 bits per heavy atom. The third-order valence-corrected chi connectivity index (χ3v) is 3.63. The van der Waals surface area contributed by atoms with Crippen molar-refractivity contribution in [3.05, 3.63) is 6.07 Å². The molecule has 0 spiro atoms. The molecule has 21 heavy (non-hydrogen) atoms. The second-order valence-electron chi connectivity index (χ2n) is 5.22. The maximum absolute atomic E-state index is 12.0. The molecule has 7 nitrogen and oxygen atoms in total. The SMILES string of the molecule is CCCNc1cc(N2CCCCC2C(=O)NC)nc(N)n1. The molecular weight excluding hydrogens is 268 g/mol. The number of rotatable bonds is 5. The molecule has 1 aromatic heterocycles. The van der Waals surface area contributed by atoms with Gasteiger partial charge in [-0.3, -0.25) is 4.79 Å². The molecule has 1 amide bonds. The summed E-state index contributed by atoms with van der Waals surface area (Å²) in [6, 6.07) is 1.69. The maximum atomic E-state index is 12.0. The summed E-state index contributed by atoms with van der Waals surface area (Å²) in [4.78, 5) is 22.6. The quantitative estimate of drug-likeness (QED) is 0.749. The lowest BCUT2D eigenvalue weighted by molar-refractivity contribution is -0.122. The Bertz CT molecular complexity index is 492. The topological polar surface area (TPSA) is 96.2 Å². The van der Waals surface area contributed by atoms with E-state index in [1.165, 1.54) is 0 Å². The van der Waals surface area contributed by atoms with Crippen molar-refractivity contribution in [2.24, 2.45) is 0 Å². The van der Waals surface area contributed by atoms with Gasteiger partial charge >= 0.3 is 0 Å². The zero-order valence-electron chi connectivity index (χ0n) is 12.7. The second-order valence-corrected chi connectivity index (χ2v) is 5.22. The summed E-state index contributed by atoms with van der Waals surface area (Å²) in [5.74, 6) is 1.68. The van der Waals surface area contributed by atoms with Gasteiger partial charge in [-0.25, -0.2) is 0 Å². The molecule has 2 rings (SSSR count). The summed E-state index contributed by atoms with van der Waals surface area (Å²) in [6.07, 6.45) is 3.94. The van der Waals surface area contributed by atoms with Crippen LogP contribution in [0.4, 0.5) is 17.6 Å². The van der Waals surface area contributed by atoms with Crippen molar-refractivity contribution in [3.63, 3.8) is 0 Å². The Hall–Kier alpha value is -2.05. The maximum Gasteiger partial charge on any atom is 0.242 e. The van der Waals surface area contributed by atoms with Gasteiger partial charge in [-0.2, -0.15) is 9.97 Å². The van der Waals surface area contributed by atoms with Gasteiger partial charge in [0.1, 0.15) is 17.7 Å². The van der Waals surface area contributed by atoms with E-state index in [4.69, 9.17) is 5.73 Å². The molecule has 1 aliphatic heterocycles. The molecule has 1 unspecified atom stereocenters. The van der Waals surface area contributed by atoms with Gasteiger partial charge in [0.05, 0.1) is 0 Å². The van der Waals surface area contributed by atoms with Crippen molar-refractivity contribution < 1.29 is 4.79 Å². The molecule has 0 bridgehead atoms. The summed E-state index contributed by atoms with van der Waals surface area (Å²) in [5, 5.41) is 5.94. The van der Waals surface area contributed by atoms with Crippen molar-refractivity contribution in [1.29, 1.82) is 0 Å². The number of nitrogens with one attached hydrogen (secondary N) is 2. The number of nitrogen functional groups attached to an aromatic ring is 1. The molecule has 1 aromatic rings. The minimum Gasteiger partial charge on any atom is -0.370 e. The van der Waals surface area contributed by atoms with E-state index < -0.39 is 0 Å². The van der Waals surface area contributed by atoms with Gasteiger partial charge in [-0.1, -0.05) is 6.92 Å². The highest BCUT2D eigenvalue weighted by Crippen LogP contribution is 2.25. The van der Waals surface area contributed by atoms with Crippen LogP contribution in [0.15, 0.2) is 6.07 Å². The molecule has 0 aromatic carbocycles. The summed E-state index contributed by atoms with van der Waals surface area (Å²) < 4.78 is 0. The number of carbonyl (C=O) groups is 1. The van der Waals surface area contributed by atoms with E-state index in [9.17, 15) is 4.79 Å². The third kappa shape index (κ3) is 3.74. The predicted molar refractivity (Wildman–Crippen MR) is 84.3 cm³/mol. The first-order valence-electron chi connectivity index (χ1n) is 7.52. The van der Waals surface area contributed by atoms with Gasteiger partial charge in [-0.15, -0.1) is 0 Å². The van der Waals surface area contributed by atoms with E-state index in [2.05, 4.69) is 27.5 Å². The van der Waals surface area contributed by atoms with E-state index in [1.54, 1.807) is 7.05 Å². The molecule has 4 N–H and O–H groups in total.